The molecule has 0 atom stereocenters. The average molecular weight is 404 g/mol. The van der Waals surface area contributed by atoms with Crippen molar-refractivity contribution in [1.29, 1.82) is 0 Å². The first-order valence-electron chi connectivity index (χ1n) is 9.47. The van der Waals surface area contributed by atoms with Gasteiger partial charge in [0.25, 0.3) is 0 Å². The van der Waals surface area contributed by atoms with Gasteiger partial charge in [-0.15, -0.1) is 0 Å². The number of aryl methyl sites for hydroxylation is 2. The maximum atomic E-state index is 13.1. The molecule has 0 aliphatic carbocycles. The van der Waals surface area contributed by atoms with Gasteiger partial charge in [0.2, 0.25) is 16.9 Å². The number of esters is 1. The van der Waals surface area contributed by atoms with Crippen molar-refractivity contribution in [2.75, 3.05) is 6.61 Å². The first-order valence-corrected chi connectivity index (χ1v) is 9.47. The van der Waals surface area contributed by atoms with Gasteiger partial charge in [-0.2, -0.15) is 0 Å². The highest BCUT2D eigenvalue weighted by molar-refractivity contribution is 5.83. The van der Waals surface area contributed by atoms with Crippen molar-refractivity contribution < 1.29 is 23.1 Å². The topological polar surface area (TPSA) is 78.9 Å². The normalized spacial score (nSPS) is 10.9. The summed E-state index contributed by atoms with van der Waals surface area (Å²) in [5.41, 5.74) is 2.86. The highest BCUT2D eigenvalue weighted by atomic mass is 16.6. The molecule has 6 heteroatoms. The number of fused-ring (bicyclic) bond motifs is 1. The summed E-state index contributed by atoms with van der Waals surface area (Å²) in [4.78, 5) is 25.3. The number of carbonyl (C=O) groups excluding carboxylic acids is 1. The van der Waals surface area contributed by atoms with Gasteiger partial charge in [-0.3, -0.25) is 4.79 Å². The molecule has 6 nitrogen and oxygen atoms in total. The molecule has 0 amide bonds. The van der Waals surface area contributed by atoms with Crippen molar-refractivity contribution in [2.45, 2.75) is 20.5 Å². The number of hydrogen-bond donors (Lipinski definition) is 0. The van der Waals surface area contributed by atoms with Crippen LogP contribution in [0.2, 0.25) is 0 Å². The number of carbonyl (C=O) groups is 1. The van der Waals surface area contributed by atoms with Gasteiger partial charge in [0.1, 0.15) is 12.2 Å². The molecular formula is C24H20O6. The molecule has 0 unspecified atom stereocenters. The Hall–Kier alpha value is -3.80. The third kappa shape index (κ3) is 3.98. The lowest BCUT2D eigenvalue weighted by atomic mass is 10.1. The average Bonchev–Trinajstić information content (AvgIpc) is 3.28. The second-order valence-electron chi connectivity index (χ2n) is 6.93. The highest BCUT2D eigenvalue weighted by Gasteiger charge is 2.21. The third-order valence-corrected chi connectivity index (χ3v) is 4.79. The van der Waals surface area contributed by atoms with Gasteiger partial charge in [0.05, 0.1) is 11.6 Å². The van der Waals surface area contributed by atoms with Gasteiger partial charge < -0.3 is 18.3 Å². The molecule has 0 spiro atoms. The summed E-state index contributed by atoms with van der Waals surface area (Å²) in [6.07, 6.45) is 1.47. The zero-order chi connectivity index (χ0) is 21.1. The van der Waals surface area contributed by atoms with Crippen LogP contribution in [0.5, 0.6) is 5.75 Å². The van der Waals surface area contributed by atoms with Crippen LogP contribution in [0.3, 0.4) is 0 Å². The molecule has 0 bridgehead atoms. The van der Waals surface area contributed by atoms with Crippen LogP contribution in [0.1, 0.15) is 16.7 Å². The summed E-state index contributed by atoms with van der Waals surface area (Å²) >= 11 is 0. The molecule has 2 heterocycles. The molecule has 0 aliphatic rings. The Morgan fingerprint density at radius 3 is 2.50 bits per heavy atom. The van der Waals surface area contributed by atoms with Crippen molar-refractivity contribution in [3.63, 3.8) is 0 Å². The molecule has 30 heavy (non-hydrogen) atoms. The third-order valence-electron chi connectivity index (χ3n) is 4.79. The van der Waals surface area contributed by atoms with Crippen LogP contribution < -0.4 is 10.2 Å². The van der Waals surface area contributed by atoms with E-state index in [9.17, 15) is 9.59 Å². The highest BCUT2D eigenvalue weighted by Crippen LogP contribution is 2.32. The Balaban J connectivity index is 1.62. The molecule has 0 aliphatic heterocycles. The first-order chi connectivity index (χ1) is 14.5. The van der Waals surface area contributed by atoms with E-state index in [2.05, 4.69) is 0 Å². The quantitative estimate of drug-likeness (QED) is 0.430. The van der Waals surface area contributed by atoms with Crippen LogP contribution in [0, 0.1) is 13.8 Å². The minimum atomic E-state index is -0.594. The zero-order valence-corrected chi connectivity index (χ0v) is 16.6. The molecule has 2 aromatic carbocycles. The minimum absolute atomic E-state index is 0.0858. The van der Waals surface area contributed by atoms with E-state index < -0.39 is 12.6 Å². The lowest BCUT2D eigenvalue weighted by molar-refractivity contribution is -0.147. The standard InChI is InChI=1S/C24H20O6/c1-15-11-18-20(12-16(15)2)30-23(19-9-6-10-27-19)24(22(18)26)29-14-21(25)28-13-17-7-4-3-5-8-17/h3-12H,13-14H2,1-2H3. The van der Waals surface area contributed by atoms with E-state index in [1.807, 2.05) is 44.2 Å². The van der Waals surface area contributed by atoms with Crippen molar-refractivity contribution in [3.8, 4) is 17.3 Å². The number of hydrogen-bond acceptors (Lipinski definition) is 6. The molecule has 152 valence electrons. The monoisotopic (exact) mass is 404 g/mol. The number of furan rings is 1. The summed E-state index contributed by atoms with van der Waals surface area (Å²) in [7, 11) is 0. The molecule has 0 saturated heterocycles. The van der Waals surface area contributed by atoms with Crippen LogP contribution in [0.25, 0.3) is 22.5 Å². The first kappa shape index (κ1) is 19.5. The van der Waals surface area contributed by atoms with Crippen molar-refractivity contribution in [1.82, 2.24) is 0 Å². The molecule has 0 radical (unpaired) electrons. The second kappa shape index (κ2) is 8.29. The lowest BCUT2D eigenvalue weighted by Crippen LogP contribution is -2.19. The van der Waals surface area contributed by atoms with E-state index >= 15 is 0 Å². The zero-order valence-electron chi connectivity index (χ0n) is 16.6. The fourth-order valence-electron chi connectivity index (χ4n) is 3.05. The predicted octanol–water partition coefficient (Wildman–Crippen LogP) is 4.79. The summed E-state index contributed by atoms with van der Waals surface area (Å²) < 4.78 is 22.1. The Kier molecular flexibility index (Phi) is 5.39. The van der Waals surface area contributed by atoms with E-state index in [0.717, 1.165) is 16.7 Å². The molecule has 4 rings (SSSR count). The van der Waals surface area contributed by atoms with Gasteiger partial charge in [0, 0.05) is 0 Å². The number of ether oxygens (including phenoxy) is 2. The smallest absolute Gasteiger partial charge is 0.344 e. The van der Waals surface area contributed by atoms with Crippen molar-refractivity contribution in [2.24, 2.45) is 0 Å². The summed E-state index contributed by atoms with van der Waals surface area (Å²) in [5.74, 6) is -0.210. The second-order valence-corrected chi connectivity index (χ2v) is 6.93. The van der Waals surface area contributed by atoms with Crippen LogP contribution in [0.4, 0.5) is 0 Å². The molecule has 0 saturated carbocycles. The lowest BCUT2D eigenvalue weighted by Gasteiger charge is -2.11. The Morgan fingerprint density at radius 2 is 1.77 bits per heavy atom. The minimum Gasteiger partial charge on any atom is -0.474 e. The van der Waals surface area contributed by atoms with E-state index in [-0.39, 0.29) is 23.5 Å². The van der Waals surface area contributed by atoms with Gasteiger partial charge >= 0.3 is 5.97 Å². The number of rotatable bonds is 6. The van der Waals surface area contributed by atoms with Crippen LogP contribution in [-0.4, -0.2) is 12.6 Å². The predicted molar refractivity (Wildman–Crippen MR) is 111 cm³/mol. The van der Waals surface area contributed by atoms with Gasteiger partial charge in [0.15, 0.2) is 12.4 Å². The fourth-order valence-corrected chi connectivity index (χ4v) is 3.05. The fraction of sp³-hybridized carbons (Fsp3) is 0.167. The van der Waals surface area contributed by atoms with E-state index in [4.69, 9.17) is 18.3 Å². The van der Waals surface area contributed by atoms with Crippen molar-refractivity contribution >= 4 is 16.9 Å². The maximum Gasteiger partial charge on any atom is 0.344 e. The molecule has 0 N–H and O–H groups in total. The van der Waals surface area contributed by atoms with E-state index in [1.165, 1.54) is 6.26 Å². The summed E-state index contributed by atoms with van der Waals surface area (Å²) in [5, 5.41) is 0.376. The Morgan fingerprint density at radius 1 is 1.00 bits per heavy atom. The molecule has 2 aromatic heterocycles. The van der Waals surface area contributed by atoms with E-state index in [1.54, 1.807) is 24.3 Å². The molecule has 4 aromatic rings. The summed E-state index contributed by atoms with van der Waals surface area (Å²) in [6, 6.07) is 16.2. The summed E-state index contributed by atoms with van der Waals surface area (Å²) in [6.45, 7) is 3.55. The van der Waals surface area contributed by atoms with Gasteiger partial charge in [-0.25, -0.2) is 4.79 Å². The molecule has 0 fully saturated rings. The van der Waals surface area contributed by atoms with E-state index in [0.29, 0.717) is 16.7 Å². The Bertz CT molecular complexity index is 1240. The van der Waals surface area contributed by atoms with Gasteiger partial charge in [-0.05, 0) is 54.8 Å². The van der Waals surface area contributed by atoms with Crippen molar-refractivity contribution in [3.05, 3.63) is 87.8 Å². The van der Waals surface area contributed by atoms with Crippen LogP contribution in [-0.2, 0) is 16.1 Å². The van der Waals surface area contributed by atoms with Crippen LogP contribution in [0.15, 0.2) is 74.5 Å². The Labute approximate surface area is 172 Å². The van der Waals surface area contributed by atoms with Gasteiger partial charge in [-0.1, -0.05) is 30.3 Å². The maximum absolute atomic E-state index is 13.1. The SMILES string of the molecule is Cc1cc2oc(-c3ccco3)c(OCC(=O)OCc3ccccc3)c(=O)c2cc1C. The molecular weight excluding hydrogens is 384 g/mol. The largest absolute Gasteiger partial charge is 0.474 e. The number of benzene rings is 2. The van der Waals surface area contributed by atoms with Crippen LogP contribution >= 0.6 is 0 Å².